The molecule has 20 heavy (non-hydrogen) atoms. The first-order valence-electron chi connectivity index (χ1n) is 6.20. The molecule has 0 saturated heterocycles. The fourth-order valence-corrected chi connectivity index (χ4v) is 2.44. The molecule has 2 N–H and O–H groups in total. The molecule has 0 spiro atoms. The molecule has 2 rings (SSSR count). The number of methoxy groups -OCH3 is 1. The SMILES string of the molecule is COCCN1C(=O)C(C)(C)c2cc(N)c([N+](=O)[O-])cc21. The summed E-state index contributed by atoms with van der Waals surface area (Å²) < 4.78 is 4.98. The first-order chi connectivity index (χ1) is 9.30. The Hall–Kier alpha value is -2.15. The van der Waals surface area contributed by atoms with Crippen molar-refractivity contribution in [2.75, 3.05) is 30.9 Å². The second-order valence-corrected chi connectivity index (χ2v) is 5.26. The van der Waals surface area contributed by atoms with E-state index in [2.05, 4.69) is 0 Å². The van der Waals surface area contributed by atoms with Crippen LogP contribution in [-0.4, -0.2) is 31.1 Å². The van der Waals surface area contributed by atoms with Crippen LogP contribution >= 0.6 is 0 Å². The number of anilines is 2. The highest BCUT2D eigenvalue weighted by Crippen LogP contribution is 2.45. The molecule has 0 fully saturated rings. The predicted octanol–water partition coefficient (Wildman–Crippen LogP) is 1.45. The summed E-state index contributed by atoms with van der Waals surface area (Å²) in [5.74, 6) is -0.107. The van der Waals surface area contributed by atoms with E-state index < -0.39 is 10.3 Å². The van der Waals surface area contributed by atoms with Gasteiger partial charge in [0.05, 0.1) is 22.6 Å². The Morgan fingerprint density at radius 2 is 2.10 bits per heavy atom. The zero-order chi connectivity index (χ0) is 15.1. The first-order valence-corrected chi connectivity index (χ1v) is 6.20. The van der Waals surface area contributed by atoms with E-state index in [9.17, 15) is 14.9 Å². The summed E-state index contributed by atoms with van der Waals surface area (Å²) in [7, 11) is 1.54. The van der Waals surface area contributed by atoms with Gasteiger partial charge in [0.2, 0.25) is 5.91 Å². The van der Waals surface area contributed by atoms with Gasteiger partial charge in [-0.2, -0.15) is 0 Å². The van der Waals surface area contributed by atoms with Gasteiger partial charge in [0, 0.05) is 19.7 Å². The van der Waals surface area contributed by atoms with Crippen molar-refractivity contribution in [3.05, 3.63) is 27.8 Å². The fourth-order valence-electron chi connectivity index (χ4n) is 2.44. The van der Waals surface area contributed by atoms with E-state index in [1.54, 1.807) is 13.8 Å². The minimum Gasteiger partial charge on any atom is -0.393 e. The molecule has 7 heteroatoms. The number of nitrogens with two attached hydrogens (primary N) is 1. The minimum absolute atomic E-state index is 0.0724. The average Bonchev–Trinajstić information content (AvgIpc) is 2.55. The monoisotopic (exact) mass is 279 g/mol. The largest absolute Gasteiger partial charge is 0.393 e. The van der Waals surface area contributed by atoms with Crippen molar-refractivity contribution in [1.82, 2.24) is 0 Å². The van der Waals surface area contributed by atoms with Gasteiger partial charge in [0.15, 0.2) is 0 Å². The first kappa shape index (κ1) is 14.3. The molecular weight excluding hydrogens is 262 g/mol. The molecule has 0 unspecified atom stereocenters. The van der Waals surface area contributed by atoms with Crippen molar-refractivity contribution in [3.8, 4) is 0 Å². The van der Waals surface area contributed by atoms with Crippen molar-refractivity contribution in [2.45, 2.75) is 19.3 Å². The van der Waals surface area contributed by atoms with E-state index >= 15 is 0 Å². The number of amides is 1. The highest BCUT2D eigenvalue weighted by Gasteiger charge is 2.44. The summed E-state index contributed by atoms with van der Waals surface area (Å²) in [6.07, 6.45) is 0. The summed E-state index contributed by atoms with van der Waals surface area (Å²) >= 11 is 0. The number of carbonyl (C=O) groups excluding carboxylic acids is 1. The molecule has 108 valence electrons. The maximum atomic E-state index is 12.4. The van der Waals surface area contributed by atoms with Crippen LogP contribution in [0.3, 0.4) is 0 Å². The maximum absolute atomic E-state index is 12.4. The molecule has 0 saturated carbocycles. The van der Waals surface area contributed by atoms with Crippen LogP contribution in [0.5, 0.6) is 0 Å². The van der Waals surface area contributed by atoms with E-state index in [1.165, 1.54) is 24.1 Å². The van der Waals surface area contributed by atoms with Crippen LogP contribution in [0.25, 0.3) is 0 Å². The number of fused-ring (bicyclic) bond motifs is 1. The molecule has 0 bridgehead atoms. The molecule has 1 aromatic carbocycles. The van der Waals surface area contributed by atoms with E-state index in [0.29, 0.717) is 24.4 Å². The third-order valence-electron chi connectivity index (χ3n) is 3.60. The van der Waals surface area contributed by atoms with Crippen LogP contribution < -0.4 is 10.6 Å². The Labute approximate surface area is 116 Å². The van der Waals surface area contributed by atoms with Gasteiger partial charge in [-0.3, -0.25) is 14.9 Å². The third-order valence-corrected chi connectivity index (χ3v) is 3.60. The number of nitro benzene ring substituents is 1. The number of nitrogens with zero attached hydrogens (tertiary/aromatic N) is 2. The molecule has 0 atom stereocenters. The van der Waals surface area contributed by atoms with Gasteiger partial charge < -0.3 is 15.4 Å². The summed E-state index contributed by atoms with van der Waals surface area (Å²) in [5, 5.41) is 11.0. The van der Waals surface area contributed by atoms with E-state index in [0.717, 1.165) is 0 Å². The van der Waals surface area contributed by atoms with E-state index in [4.69, 9.17) is 10.5 Å². The standard InChI is InChI=1S/C13H17N3O4/c1-13(2)8-6-9(14)11(16(18)19)7-10(8)15(12(13)17)4-5-20-3/h6-7H,4-5,14H2,1-3H3. The number of hydrogen-bond donors (Lipinski definition) is 1. The van der Waals surface area contributed by atoms with Gasteiger partial charge in [0.1, 0.15) is 5.69 Å². The normalized spacial score (nSPS) is 16.4. The van der Waals surface area contributed by atoms with Crippen molar-refractivity contribution in [2.24, 2.45) is 0 Å². The number of rotatable bonds is 4. The van der Waals surface area contributed by atoms with Crippen LogP contribution in [0.2, 0.25) is 0 Å². The van der Waals surface area contributed by atoms with E-state index in [1.807, 2.05) is 0 Å². The maximum Gasteiger partial charge on any atom is 0.294 e. The molecule has 0 aromatic heterocycles. The summed E-state index contributed by atoms with van der Waals surface area (Å²) in [6.45, 7) is 4.28. The number of hydrogen-bond acceptors (Lipinski definition) is 5. The zero-order valence-electron chi connectivity index (χ0n) is 11.7. The quantitative estimate of drug-likeness (QED) is 0.511. The number of carbonyl (C=O) groups is 1. The number of nitrogen functional groups attached to an aromatic ring is 1. The molecule has 0 aliphatic carbocycles. The van der Waals surface area contributed by atoms with Gasteiger partial charge >= 0.3 is 0 Å². The highest BCUT2D eigenvalue weighted by molar-refractivity contribution is 6.08. The Morgan fingerprint density at radius 3 is 2.65 bits per heavy atom. The number of benzene rings is 1. The van der Waals surface area contributed by atoms with Crippen LogP contribution in [0, 0.1) is 10.1 Å². The lowest BCUT2D eigenvalue weighted by molar-refractivity contribution is -0.383. The molecule has 1 aromatic rings. The Morgan fingerprint density at radius 1 is 1.45 bits per heavy atom. The summed E-state index contributed by atoms with van der Waals surface area (Å²) in [6, 6.07) is 2.89. The smallest absolute Gasteiger partial charge is 0.294 e. The molecule has 0 radical (unpaired) electrons. The number of ether oxygens (including phenoxy) is 1. The molecule has 1 aliphatic heterocycles. The van der Waals surface area contributed by atoms with E-state index in [-0.39, 0.29) is 17.3 Å². The van der Waals surface area contributed by atoms with Crippen molar-refractivity contribution >= 4 is 23.0 Å². The molecule has 1 amide bonds. The van der Waals surface area contributed by atoms with Crippen LogP contribution in [0.15, 0.2) is 12.1 Å². The van der Waals surface area contributed by atoms with Gasteiger partial charge in [0.25, 0.3) is 5.69 Å². The third kappa shape index (κ3) is 2.00. The van der Waals surface area contributed by atoms with Crippen molar-refractivity contribution in [1.29, 1.82) is 0 Å². The van der Waals surface area contributed by atoms with Gasteiger partial charge in [-0.05, 0) is 25.5 Å². The van der Waals surface area contributed by atoms with Crippen molar-refractivity contribution in [3.63, 3.8) is 0 Å². The second kappa shape index (κ2) is 4.75. The van der Waals surface area contributed by atoms with Gasteiger partial charge in [-0.15, -0.1) is 0 Å². The summed E-state index contributed by atoms with van der Waals surface area (Å²) in [5.41, 5.74) is 6.11. The lowest BCUT2D eigenvalue weighted by atomic mass is 9.86. The molecule has 7 nitrogen and oxygen atoms in total. The molecular formula is C13H17N3O4. The second-order valence-electron chi connectivity index (χ2n) is 5.26. The zero-order valence-corrected chi connectivity index (χ0v) is 11.7. The lowest BCUT2D eigenvalue weighted by Gasteiger charge is -2.19. The minimum atomic E-state index is -0.744. The number of nitro groups is 1. The Bertz CT molecular complexity index is 583. The van der Waals surface area contributed by atoms with Crippen LogP contribution in [-0.2, 0) is 14.9 Å². The summed E-state index contributed by atoms with van der Waals surface area (Å²) in [4.78, 5) is 24.4. The van der Waals surface area contributed by atoms with Gasteiger partial charge in [-0.25, -0.2) is 0 Å². The van der Waals surface area contributed by atoms with Gasteiger partial charge in [-0.1, -0.05) is 0 Å². The average molecular weight is 279 g/mol. The fraction of sp³-hybridized carbons (Fsp3) is 0.462. The molecule has 1 aliphatic rings. The van der Waals surface area contributed by atoms with Crippen LogP contribution in [0.4, 0.5) is 17.1 Å². The predicted molar refractivity (Wildman–Crippen MR) is 74.8 cm³/mol. The lowest BCUT2D eigenvalue weighted by Crippen LogP contribution is -2.37. The Kier molecular flexibility index (Phi) is 3.39. The van der Waals surface area contributed by atoms with Crippen molar-refractivity contribution < 1.29 is 14.5 Å². The highest BCUT2D eigenvalue weighted by atomic mass is 16.6. The Balaban J connectivity index is 2.57. The molecule has 1 heterocycles. The van der Waals surface area contributed by atoms with Crippen LogP contribution in [0.1, 0.15) is 19.4 Å². The topological polar surface area (TPSA) is 98.7 Å².